The van der Waals surface area contributed by atoms with Gasteiger partial charge in [-0.1, -0.05) is 35.5 Å². The van der Waals surface area contributed by atoms with E-state index >= 15 is 0 Å². The molecule has 0 radical (unpaired) electrons. The molecule has 6 nitrogen and oxygen atoms in total. The Morgan fingerprint density at radius 2 is 1.83 bits per heavy atom. The van der Waals surface area contributed by atoms with Crippen LogP contribution in [-0.4, -0.2) is 44.7 Å². The molecule has 4 rings (SSSR count). The summed E-state index contributed by atoms with van der Waals surface area (Å²) in [5, 5.41) is 8.39. The molecule has 0 atom stereocenters. The maximum absolute atomic E-state index is 12.2. The highest BCUT2D eigenvalue weighted by Crippen LogP contribution is 2.39. The lowest BCUT2D eigenvalue weighted by molar-refractivity contribution is -0.137. The van der Waals surface area contributed by atoms with Gasteiger partial charge in [-0.2, -0.15) is 0 Å². The van der Waals surface area contributed by atoms with Crippen molar-refractivity contribution >= 4 is 11.7 Å². The summed E-state index contributed by atoms with van der Waals surface area (Å²) in [6, 6.07) is 9.34. The molecule has 1 saturated carbocycles. The van der Waals surface area contributed by atoms with E-state index in [2.05, 4.69) is 10.3 Å². The summed E-state index contributed by atoms with van der Waals surface area (Å²) >= 11 is 0. The third-order valence-corrected chi connectivity index (χ3v) is 4.77. The van der Waals surface area contributed by atoms with E-state index < -0.39 is 0 Å². The van der Waals surface area contributed by atoms with Crippen LogP contribution < -0.4 is 0 Å². The van der Waals surface area contributed by atoms with Crippen LogP contribution in [0, 0.1) is 0 Å². The van der Waals surface area contributed by atoms with Gasteiger partial charge in [0.1, 0.15) is 0 Å². The molecule has 1 aromatic carbocycles. The molecule has 0 bridgehead atoms. The van der Waals surface area contributed by atoms with Gasteiger partial charge in [-0.05, 0) is 12.8 Å². The molecule has 2 heterocycles. The van der Waals surface area contributed by atoms with E-state index in [0.717, 1.165) is 5.69 Å². The number of carbonyl (C=O) groups is 2. The fraction of sp³-hybridized carbons (Fsp3) is 0.444. The summed E-state index contributed by atoms with van der Waals surface area (Å²) in [4.78, 5) is 26.0. The van der Waals surface area contributed by atoms with Gasteiger partial charge in [-0.25, -0.2) is 4.68 Å². The number of carbonyl (C=O) groups excluding carboxylic acids is 2. The minimum absolute atomic E-state index is 0.0198. The Bertz CT molecular complexity index is 745. The predicted molar refractivity (Wildman–Crippen MR) is 87.6 cm³/mol. The van der Waals surface area contributed by atoms with Crippen LogP contribution in [0.1, 0.15) is 53.7 Å². The van der Waals surface area contributed by atoms with Crippen LogP contribution in [0.25, 0.3) is 0 Å². The first-order valence-corrected chi connectivity index (χ1v) is 8.48. The van der Waals surface area contributed by atoms with Crippen molar-refractivity contribution in [3.05, 3.63) is 47.8 Å². The number of ketones is 1. The third kappa shape index (κ3) is 3.09. The van der Waals surface area contributed by atoms with Crippen LogP contribution in [0.4, 0.5) is 0 Å². The van der Waals surface area contributed by atoms with Crippen LogP contribution >= 0.6 is 0 Å². The van der Waals surface area contributed by atoms with E-state index in [4.69, 9.17) is 0 Å². The Kier molecular flexibility index (Phi) is 3.88. The smallest absolute Gasteiger partial charge is 0.223 e. The topological polar surface area (TPSA) is 68.1 Å². The van der Waals surface area contributed by atoms with Crippen LogP contribution in [0.2, 0.25) is 0 Å². The molecule has 1 amide bonds. The molecule has 1 aliphatic carbocycles. The molecule has 124 valence electrons. The number of Topliss-reactive ketones (excluding diaryl/α,β-unsaturated/α-hetero) is 1. The monoisotopic (exact) mass is 324 g/mol. The zero-order chi connectivity index (χ0) is 16.5. The average molecular weight is 324 g/mol. The summed E-state index contributed by atoms with van der Waals surface area (Å²) in [6.07, 6.45) is 4.97. The molecule has 1 saturated heterocycles. The lowest BCUT2D eigenvalue weighted by Crippen LogP contribution is -2.50. The predicted octanol–water partition coefficient (Wildman–Crippen LogP) is 2.20. The standard InChI is InChI=1S/C18H20N4O2/c23-17(14-4-2-1-3-5-14)8-9-18(24)21-10-15(11-21)22-12-16(19-20-22)13-6-7-13/h1-5,12-13,15H,6-11H2. The number of likely N-dealkylation sites (tertiary alicyclic amines) is 1. The minimum Gasteiger partial charge on any atom is -0.338 e. The summed E-state index contributed by atoms with van der Waals surface area (Å²) in [5.74, 6) is 0.657. The summed E-state index contributed by atoms with van der Waals surface area (Å²) in [7, 11) is 0. The zero-order valence-corrected chi connectivity index (χ0v) is 13.5. The van der Waals surface area contributed by atoms with Gasteiger partial charge in [0.25, 0.3) is 0 Å². The van der Waals surface area contributed by atoms with Crippen LogP contribution in [0.5, 0.6) is 0 Å². The Hall–Kier alpha value is -2.50. The van der Waals surface area contributed by atoms with Crippen LogP contribution in [0.3, 0.4) is 0 Å². The van der Waals surface area contributed by atoms with Crippen molar-refractivity contribution in [2.75, 3.05) is 13.1 Å². The van der Waals surface area contributed by atoms with E-state index in [9.17, 15) is 9.59 Å². The second kappa shape index (κ2) is 6.19. The molecule has 6 heteroatoms. The summed E-state index contributed by atoms with van der Waals surface area (Å²) in [6.45, 7) is 1.32. The quantitative estimate of drug-likeness (QED) is 0.764. The number of hydrogen-bond donors (Lipinski definition) is 0. The van der Waals surface area contributed by atoms with Crippen molar-refractivity contribution in [2.24, 2.45) is 0 Å². The van der Waals surface area contributed by atoms with E-state index in [1.165, 1.54) is 12.8 Å². The Labute approximate surface area is 140 Å². The molecule has 2 aromatic rings. The fourth-order valence-electron chi connectivity index (χ4n) is 3.01. The number of nitrogens with zero attached hydrogens (tertiary/aromatic N) is 4. The van der Waals surface area contributed by atoms with Crippen LogP contribution in [-0.2, 0) is 4.79 Å². The van der Waals surface area contributed by atoms with Gasteiger partial charge in [0.05, 0.1) is 11.7 Å². The van der Waals surface area contributed by atoms with Crippen molar-refractivity contribution in [3.63, 3.8) is 0 Å². The third-order valence-electron chi connectivity index (χ3n) is 4.77. The van der Waals surface area contributed by atoms with Crippen molar-refractivity contribution < 1.29 is 9.59 Å². The number of amides is 1. The van der Waals surface area contributed by atoms with Gasteiger partial charge in [-0.15, -0.1) is 5.10 Å². The van der Waals surface area contributed by atoms with Crippen molar-refractivity contribution in [1.82, 2.24) is 19.9 Å². The number of hydrogen-bond acceptors (Lipinski definition) is 4. The normalized spacial score (nSPS) is 17.6. The first-order valence-electron chi connectivity index (χ1n) is 8.48. The van der Waals surface area contributed by atoms with Gasteiger partial charge in [0.15, 0.2) is 5.78 Å². The second-order valence-corrected chi connectivity index (χ2v) is 6.64. The number of benzene rings is 1. The molecule has 24 heavy (non-hydrogen) atoms. The van der Waals surface area contributed by atoms with Gasteiger partial charge in [-0.3, -0.25) is 9.59 Å². The number of rotatable bonds is 6. The SMILES string of the molecule is O=C(CCC(=O)N1CC(n2cc(C3CC3)nn2)C1)c1ccccc1. The molecule has 0 unspecified atom stereocenters. The number of aromatic nitrogens is 3. The molecular weight excluding hydrogens is 304 g/mol. The molecule has 1 aliphatic heterocycles. The minimum atomic E-state index is 0.0198. The van der Waals surface area contributed by atoms with E-state index in [0.29, 0.717) is 24.6 Å². The fourth-order valence-corrected chi connectivity index (χ4v) is 3.01. The van der Waals surface area contributed by atoms with E-state index in [-0.39, 0.29) is 30.6 Å². The summed E-state index contributed by atoms with van der Waals surface area (Å²) < 4.78 is 1.88. The van der Waals surface area contributed by atoms with Crippen molar-refractivity contribution in [2.45, 2.75) is 37.6 Å². The highest BCUT2D eigenvalue weighted by Gasteiger charge is 2.34. The van der Waals surface area contributed by atoms with Crippen molar-refractivity contribution in [3.8, 4) is 0 Å². The summed E-state index contributed by atoms with van der Waals surface area (Å²) in [5.41, 5.74) is 1.75. The van der Waals surface area contributed by atoms with E-state index in [1.807, 2.05) is 29.1 Å². The Balaban J connectivity index is 1.24. The molecule has 2 fully saturated rings. The lowest BCUT2D eigenvalue weighted by Gasteiger charge is -2.38. The van der Waals surface area contributed by atoms with Crippen molar-refractivity contribution in [1.29, 1.82) is 0 Å². The Morgan fingerprint density at radius 3 is 2.54 bits per heavy atom. The molecular formula is C18H20N4O2. The van der Waals surface area contributed by atoms with Gasteiger partial charge in [0.2, 0.25) is 5.91 Å². The molecule has 0 N–H and O–H groups in total. The maximum Gasteiger partial charge on any atom is 0.223 e. The van der Waals surface area contributed by atoms with Gasteiger partial charge >= 0.3 is 0 Å². The highest BCUT2D eigenvalue weighted by molar-refractivity contribution is 5.97. The lowest BCUT2D eigenvalue weighted by atomic mass is 10.0. The van der Waals surface area contributed by atoms with E-state index in [1.54, 1.807) is 17.0 Å². The maximum atomic E-state index is 12.2. The van der Waals surface area contributed by atoms with Crippen LogP contribution in [0.15, 0.2) is 36.5 Å². The second-order valence-electron chi connectivity index (χ2n) is 6.64. The van der Waals surface area contributed by atoms with Gasteiger partial charge in [0, 0.05) is 43.6 Å². The average Bonchev–Trinajstić information content (AvgIpc) is 3.31. The Morgan fingerprint density at radius 1 is 1.08 bits per heavy atom. The zero-order valence-electron chi connectivity index (χ0n) is 13.5. The molecule has 1 aromatic heterocycles. The molecule has 0 spiro atoms. The first kappa shape index (κ1) is 15.1. The highest BCUT2D eigenvalue weighted by atomic mass is 16.2. The molecule has 2 aliphatic rings. The first-order chi connectivity index (χ1) is 11.7. The van der Waals surface area contributed by atoms with Gasteiger partial charge < -0.3 is 4.90 Å². The largest absolute Gasteiger partial charge is 0.338 e.